The molecule has 0 atom stereocenters. The molecule has 0 unspecified atom stereocenters. The maximum absolute atomic E-state index is 12.5. The van der Waals surface area contributed by atoms with E-state index in [4.69, 9.17) is 14.5 Å². The summed E-state index contributed by atoms with van der Waals surface area (Å²) < 4.78 is 11.5. The number of thiazole rings is 1. The van der Waals surface area contributed by atoms with E-state index < -0.39 is 0 Å². The van der Waals surface area contributed by atoms with Crippen LogP contribution >= 0.6 is 23.1 Å². The van der Waals surface area contributed by atoms with Crippen LogP contribution in [0.15, 0.2) is 40.6 Å². The number of thioether (sulfide) groups is 1. The largest absolute Gasteiger partial charge is 0.490 e. The van der Waals surface area contributed by atoms with E-state index >= 15 is 0 Å². The summed E-state index contributed by atoms with van der Waals surface area (Å²) in [6.45, 7) is 9.11. The summed E-state index contributed by atoms with van der Waals surface area (Å²) in [5.41, 5.74) is 5.21. The number of aromatic nitrogens is 1. The summed E-state index contributed by atoms with van der Waals surface area (Å²) in [6.07, 6.45) is 0.894. The van der Waals surface area contributed by atoms with Gasteiger partial charge in [-0.1, -0.05) is 17.7 Å². The number of anilines is 2. The first-order valence-corrected chi connectivity index (χ1v) is 12.1. The molecular formula is C24H26N2O3S2. The number of benzene rings is 2. The average molecular weight is 455 g/mol. The van der Waals surface area contributed by atoms with E-state index in [-0.39, 0.29) is 5.91 Å². The lowest BCUT2D eigenvalue weighted by atomic mass is 10.0. The zero-order chi connectivity index (χ0) is 22.0. The van der Waals surface area contributed by atoms with E-state index in [0.717, 1.165) is 45.3 Å². The van der Waals surface area contributed by atoms with Gasteiger partial charge in [-0.2, -0.15) is 0 Å². The molecule has 0 bridgehead atoms. The Kier molecular flexibility index (Phi) is 6.53. The van der Waals surface area contributed by atoms with E-state index in [1.165, 1.54) is 16.9 Å². The van der Waals surface area contributed by atoms with Crippen molar-refractivity contribution in [3.05, 3.63) is 58.1 Å². The van der Waals surface area contributed by atoms with Gasteiger partial charge in [-0.3, -0.25) is 9.69 Å². The van der Waals surface area contributed by atoms with Gasteiger partial charge >= 0.3 is 0 Å². The summed E-state index contributed by atoms with van der Waals surface area (Å²) in [5, 5.41) is 2.73. The van der Waals surface area contributed by atoms with Crippen LogP contribution in [0.4, 0.5) is 10.8 Å². The van der Waals surface area contributed by atoms with Gasteiger partial charge in [0.25, 0.3) is 0 Å². The molecule has 0 aliphatic carbocycles. The van der Waals surface area contributed by atoms with Crippen LogP contribution in [0.1, 0.15) is 35.7 Å². The Morgan fingerprint density at radius 3 is 2.52 bits per heavy atom. The van der Waals surface area contributed by atoms with Crippen LogP contribution < -0.4 is 14.4 Å². The van der Waals surface area contributed by atoms with Crippen LogP contribution in [-0.2, 0) is 10.5 Å². The fourth-order valence-corrected chi connectivity index (χ4v) is 5.56. The Bertz CT molecular complexity index is 1090. The lowest BCUT2D eigenvalue weighted by molar-refractivity contribution is -0.115. The Labute approximate surface area is 191 Å². The number of amides is 1. The van der Waals surface area contributed by atoms with Crippen molar-refractivity contribution in [1.29, 1.82) is 0 Å². The second-order valence-electron chi connectivity index (χ2n) is 7.67. The number of nitrogens with zero attached hydrogens (tertiary/aromatic N) is 2. The summed E-state index contributed by atoms with van der Waals surface area (Å²) in [6, 6.07) is 10.3. The summed E-state index contributed by atoms with van der Waals surface area (Å²) in [5.74, 6) is 2.29. The van der Waals surface area contributed by atoms with Crippen molar-refractivity contribution < 1.29 is 14.3 Å². The number of ether oxygens (including phenoxy) is 2. The molecule has 0 N–H and O–H groups in total. The minimum absolute atomic E-state index is 0.0356. The first kappa shape index (κ1) is 21.7. The third-order valence-corrected chi connectivity index (χ3v) is 6.91. The normalized spacial score (nSPS) is 13.0. The van der Waals surface area contributed by atoms with Crippen LogP contribution in [0.3, 0.4) is 0 Å². The van der Waals surface area contributed by atoms with Gasteiger partial charge in [-0.05, 0) is 50.1 Å². The summed E-state index contributed by atoms with van der Waals surface area (Å²) >= 11 is 3.19. The number of fused-ring (bicyclic) bond motifs is 1. The number of hydrogen-bond acceptors (Lipinski definition) is 6. The van der Waals surface area contributed by atoms with Gasteiger partial charge < -0.3 is 9.47 Å². The number of rotatable bonds is 5. The molecule has 0 saturated carbocycles. The summed E-state index contributed by atoms with van der Waals surface area (Å²) in [4.78, 5) is 20.2. The van der Waals surface area contributed by atoms with Crippen LogP contribution in [0.2, 0.25) is 0 Å². The van der Waals surface area contributed by atoms with E-state index in [1.807, 2.05) is 37.4 Å². The molecule has 31 heavy (non-hydrogen) atoms. The van der Waals surface area contributed by atoms with E-state index in [2.05, 4.69) is 19.1 Å². The first-order chi connectivity index (χ1) is 14.9. The lowest BCUT2D eigenvalue weighted by Crippen LogP contribution is -2.24. The van der Waals surface area contributed by atoms with Crippen molar-refractivity contribution in [2.24, 2.45) is 0 Å². The van der Waals surface area contributed by atoms with Gasteiger partial charge in [-0.15, -0.1) is 23.1 Å². The fourth-order valence-electron chi connectivity index (χ4n) is 3.77. The molecule has 162 valence electrons. The van der Waals surface area contributed by atoms with E-state index in [0.29, 0.717) is 24.1 Å². The molecule has 1 aliphatic rings. The smallest absolute Gasteiger partial charge is 0.230 e. The minimum Gasteiger partial charge on any atom is -0.490 e. The van der Waals surface area contributed by atoms with Crippen molar-refractivity contribution in [2.75, 3.05) is 18.1 Å². The Balaban J connectivity index is 1.52. The lowest BCUT2D eigenvalue weighted by Gasteiger charge is -2.23. The third-order valence-electron chi connectivity index (χ3n) is 5.01. The van der Waals surface area contributed by atoms with Crippen molar-refractivity contribution in [2.45, 2.75) is 44.8 Å². The Morgan fingerprint density at radius 1 is 1.10 bits per heavy atom. The molecule has 4 rings (SSSR count). The van der Waals surface area contributed by atoms with Crippen LogP contribution in [0.5, 0.6) is 11.5 Å². The number of carbonyl (C=O) groups excluding carboxylic acids is 1. The standard InChI is InChI=1S/C24H26N2O3S2/c1-15-10-16(2)23(17(3)11-15)26(18(4)27)24-25-19(14-31-24)13-30-20-6-7-21-22(12-20)29-9-5-8-28-21/h6-7,10-12,14H,5,8-9,13H2,1-4H3. The minimum atomic E-state index is -0.0356. The van der Waals surface area contributed by atoms with E-state index in [1.54, 1.807) is 23.6 Å². The third kappa shape index (κ3) is 4.88. The molecule has 2 heterocycles. The maximum Gasteiger partial charge on any atom is 0.230 e. The van der Waals surface area contributed by atoms with Crippen LogP contribution in [0.25, 0.3) is 0 Å². The average Bonchev–Trinajstić information content (AvgIpc) is 3.05. The van der Waals surface area contributed by atoms with Gasteiger partial charge in [0.15, 0.2) is 16.6 Å². The van der Waals surface area contributed by atoms with Crippen LogP contribution in [-0.4, -0.2) is 24.1 Å². The molecular weight excluding hydrogens is 428 g/mol. The predicted octanol–water partition coefficient (Wildman–Crippen LogP) is 6.21. The zero-order valence-electron chi connectivity index (χ0n) is 18.2. The molecule has 1 amide bonds. The number of aryl methyl sites for hydroxylation is 3. The molecule has 1 aliphatic heterocycles. The summed E-state index contributed by atoms with van der Waals surface area (Å²) in [7, 11) is 0. The van der Waals surface area contributed by atoms with Gasteiger partial charge in [-0.25, -0.2) is 4.98 Å². The van der Waals surface area contributed by atoms with Crippen molar-refractivity contribution in [3.8, 4) is 11.5 Å². The fraction of sp³-hybridized carbons (Fsp3) is 0.333. The van der Waals surface area contributed by atoms with Crippen molar-refractivity contribution >= 4 is 39.8 Å². The molecule has 0 radical (unpaired) electrons. The molecule has 0 saturated heterocycles. The first-order valence-electron chi connectivity index (χ1n) is 10.3. The molecule has 0 fully saturated rings. The molecule has 1 aromatic heterocycles. The maximum atomic E-state index is 12.5. The van der Waals surface area contributed by atoms with Crippen molar-refractivity contribution in [1.82, 2.24) is 4.98 Å². The Hall–Kier alpha value is -2.51. The molecule has 2 aromatic carbocycles. The number of carbonyl (C=O) groups is 1. The highest BCUT2D eigenvalue weighted by Gasteiger charge is 2.22. The SMILES string of the molecule is CC(=O)N(c1nc(CSc2ccc3c(c2)OCCCO3)cs1)c1c(C)cc(C)cc1C. The highest BCUT2D eigenvalue weighted by molar-refractivity contribution is 7.98. The highest BCUT2D eigenvalue weighted by atomic mass is 32.2. The second kappa shape index (κ2) is 9.32. The van der Waals surface area contributed by atoms with Gasteiger partial charge in [0.2, 0.25) is 5.91 Å². The topological polar surface area (TPSA) is 51.7 Å². The predicted molar refractivity (Wildman–Crippen MR) is 127 cm³/mol. The second-order valence-corrected chi connectivity index (χ2v) is 9.56. The molecule has 3 aromatic rings. The highest BCUT2D eigenvalue weighted by Crippen LogP contribution is 2.37. The molecule has 7 heteroatoms. The monoisotopic (exact) mass is 454 g/mol. The van der Waals surface area contributed by atoms with Gasteiger partial charge in [0, 0.05) is 29.4 Å². The van der Waals surface area contributed by atoms with Gasteiger partial charge in [0.1, 0.15) is 0 Å². The zero-order valence-corrected chi connectivity index (χ0v) is 19.9. The van der Waals surface area contributed by atoms with Crippen LogP contribution in [0, 0.1) is 20.8 Å². The van der Waals surface area contributed by atoms with Crippen molar-refractivity contribution in [3.63, 3.8) is 0 Å². The molecule has 0 spiro atoms. The quantitative estimate of drug-likeness (QED) is 0.429. The van der Waals surface area contributed by atoms with Gasteiger partial charge in [0.05, 0.1) is 24.6 Å². The number of hydrogen-bond donors (Lipinski definition) is 0. The van der Waals surface area contributed by atoms with E-state index in [9.17, 15) is 4.79 Å². The Morgan fingerprint density at radius 2 is 1.81 bits per heavy atom. The molecule has 5 nitrogen and oxygen atoms in total.